The number of hydrogen-bond donors (Lipinski definition) is 1. The molecule has 1 aliphatic rings. The average Bonchev–Trinajstić information content (AvgIpc) is 2.98. The van der Waals surface area contributed by atoms with Gasteiger partial charge in [-0.05, 0) is 44.5 Å². The van der Waals surface area contributed by atoms with Crippen molar-refractivity contribution in [2.45, 2.75) is 26.8 Å². The Hall–Kier alpha value is -3.29. The van der Waals surface area contributed by atoms with Gasteiger partial charge < -0.3 is 19.5 Å². The number of carbonyl (C=O) groups is 1. The quantitative estimate of drug-likeness (QED) is 0.675. The van der Waals surface area contributed by atoms with Crippen LogP contribution in [-0.4, -0.2) is 53.7 Å². The van der Waals surface area contributed by atoms with Crippen LogP contribution in [0.1, 0.15) is 23.0 Å². The van der Waals surface area contributed by atoms with E-state index in [0.29, 0.717) is 11.8 Å². The highest BCUT2D eigenvalue weighted by Crippen LogP contribution is 2.35. The van der Waals surface area contributed by atoms with Gasteiger partial charge in [0.25, 0.3) is 6.47 Å². The van der Waals surface area contributed by atoms with E-state index in [1.807, 2.05) is 19.1 Å². The van der Waals surface area contributed by atoms with Crippen LogP contribution in [0.15, 0.2) is 24.3 Å². The van der Waals surface area contributed by atoms with Gasteiger partial charge in [0.2, 0.25) is 0 Å². The summed E-state index contributed by atoms with van der Waals surface area (Å²) in [7, 11) is 3.30. The van der Waals surface area contributed by atoms with E-state index in [-0.39, 0.29) is 6.47 Å². The fraction of sp³-hybridized carbons (Fsp3) is 0.381. The third kappa shape index (κ3) is 3.96. The number of aromatic nitrogens is 3. The Kier molecular flexibility index (Phi) is 5.91. The van der Waals surface area contributed by atoms with Gasteiger partial charge in [0.15, 0.2) is 11.5 Å². The molecule has 1 aromatic carbocycles. The van der Waals surface area contributed by atoms with Crippen molar-refractivity contribution in [3.63, 3.8) is 0 Å². The normalized spacial score (nSPS) is 13.5. The van der Waals surface area contributed by atoms with Crippen LogP contribution in [0.2, 0.25) is 0 Å². The third-order valence-electron chi connectivity index (χ3n) is 5.08. The highest BCUT2D eigenvalue weighted by atomic mass is 16.5. The zero-order chi connectivity index (χ0) is 21.1. The second kappa shape index (κ2) is 8.38. The van der Waals surface area contributed by atoms with Gasteiger partial charge in [-0.3, -0.25) is 9.48 Å². The van der Waals surface area contributed by atoms with Crippen molar-refractivity contribution in [3.05, 3.63) is 41.2 Å². The van der Waals surface area contributed by atoms with Gasteiger partial charge >= 0.3 is 0 Å². The second-order valence-corrected chi connectivity index (χ2v) is 7.06. The minimum absolute atomic E-state index is 0.250. The zero-order valence-corrected chi connectivity index (χ0v) is 17.3. The molecule has 1 N–H and O–H groups in total. The summed E-state index contributed by atoms with van der Waals surface area (Å²) in [6.07, 6.45) is 0. The highest BCUT2D eigenvalue weighted by molar-refractivity contribution is 5.87. The summed E-state index contributed by atoms with van der Waals surface area (Å²) in [5.41, 5.74) is 4.39. The molecule has 8 nitrogen and oxygen atoms in total. The molecule has 0 saturated carbocycles. The molecule has 0 atom stereocenters. The van der Waals surface area contributed by atoms with Crippen LogP contribution in [0.4, 0.5) is 5.82 Å². The number of benzene rings is 1. The third-order valence-corrected chi connectivity index (χ3v) is 5.08. The molecule has 8 heteroatoms. The van der Waals surface area contributed by atoms with E-state index in [0.717, 1.165) is 41.3 Å². The smallest absolute Gasteiger partial charge is 0.290 e. The molecule has 0 spiro atoms. The van der Waals surface area contributed by atoms with E-state index in [1.165, 1.54) is 11.3 Å². The van der Waals surface area contributed by atoms with E-state index in [4.69, 9.17) is 24.4 Å². The first kappa shape index (κ1) is 20.4. The maximum atomic E-state index is 8.36. The molecular weight excluding hydrogens is 372 g/mol. The highest BCUT2D eigenvalue weighted by Gasteiger charge is 2.31. The van der Waals surface area contributed by atoms with Crippen molar-refractivity contribution >= 4 is 23.2 Å². The molecular formula is C21H26N4O4. The van der Waals surface area contributed by atoms with Crippen molar-refractivity contribution in [1.29, 1.82) is 0 Å². The van der Waals surface area contributed by atoms with Crippen LogP contribution in [0.3, 0.4) is 0 Å². The van der Waals surface area contributed by atoms with E-state index in [9.17, 15) is 0 Å². The number of carboxylic acid groups (broad SMARTS) is 1. The molecule has 1 fully saturated rings. The molecule has 0 aliphatic carbocycles. The summed E-state index contributed by atoms with van der Waals surface area (Å²) in [5, 5.41) is 12.6. The minimum atomic E-state index is -0.250. The van der Waals surface area contributed by atoms with E-state index in [2.05, 4.69) is 40.7 Å². The number of rotatable bonds is 4. The number of fused-ring (bicyclic) bond motifs is 1. The molecule has 0 radical (unpaired) electrons. The maximum Gasteiger partial charge on any atom is 0.290 e. The zero-order valence-electron chi connectivity index (χ0n) is 17.3. The van der Waals surface area contributed by atoms with Gasteiger partial charge in [-0.1, -0.05) is 0 Å². The molecule has 154 valence electrons. The molecule has 3 heterocycles. The first-order valence-corrected chi connectivity index (χ1v) is 9.30. The monoisotopic (exact) mass is 398 g/mol. The molecule has 29 heavy (non-hydrogen) atoms. The lowest BCUT2D eigenvalue weighted by molar-refractivity contribution is -0.122. The Morgan fingerprint density at radius 2 is 1.69 bits per heavy atom. The Balaban J connectivity index is 0.000000755. The second-order valence-electron chi connectivity index (χ2n) is 7.06. The maximum absolute atomic E-state index is 8.36. The predicted molar refractivity (Wildman–Crippen MR) is 111 cm³/mol. The first-order valence-electron chi connectivity index (χ1n) is 9.30. The number of pyridine rings is 1. The minimum Gasteiger partial charge on any atom is -0.493 e. The molecule has 3 aromatic rings. The van der Waals surface area contributed by atoms with Crippen molar-refractivity contribution in [2.24, 2.45) is 0 Å². The van der Waals surface area contributed by atoms with Gasteiger partial charge in [0.05, 0.1) is 31.5 Å². The summed E-state index contributed by atoms with van der Waals surface area (Å²) in [5.74, 6) is 2.43. The average molecular weight is 398 g/mol. The molecule has 0 amide bonds. The van der Waals surface area contributed by atoms with Crippen molar-refractivity contribution < 1.29 is 19.4 Å². The van der Waals surface area contributed by atoms with Gasteiger partial charge in [-0.15, -0.1) is 0 Å². The summed E-state index contributed by atoms with van der Waals surface area (Å²) in [4.78, 5) is 15.5. The molecule has 4 rings (SSSR count). The first-order chi connectivity index (χ1) is 13.9. The van der Waals surface area contributed by atoms with Gasteiger partial charge in [-0.25, -0.2) is 4.98 Å². The molecule has 0 unspecified atom stereocenters. The summed E-state index contributed by atoms with van der Waals surface area (Å²) < 4.78 is 13.0. The van der Waals surface area contributed by atoms with Crippen LogP contribution < -0.4 is 14.4 Å². The summed E-state index contributed by atoms with van der Waals surface area (Å²) in [6.45, 7) is 7.86. The molecule has 1 saturated heterocycles. The van der Waals surface area contributed by atoms with Crippen molar-refractivity contribution in [3.8, 4) is 11.5 Å². The number of nitrogens with zero attached hydrogens (tertiary/aromatic N) is 4. The Bertz CT molecular complexity index is 1030. The topological polar surface area (TPSA) is 89.7 Å². The van der Waals surface area contributed by atoms with Crippen LogP contribution in [0, 0.1) is 20.8 Å². The Morgan fingerprint density at radius 1 is 1.07 bits per heavy atom. The summed E-state index contributed by atoms with van der Waals surface area (Å²) >= 11 is 0. The van der Waals surface area contributed by atoms with Crippen molar-refractivity contribution in [1.82, 2.24) is 14.8 Å². The lowest BCUT2D eigenvalue weighted by Gasteiger charge is -2.40. The van der Waals surface area contributed by atoms with E-state index < -0.39 is 0 Å². The largest absolute Gasteiger partial charge is 0.493 e. The number of aryl methyl sites for hydroxylation is 3. The number of anilines is 1. The van der Waals surface area contributed by atoms with Crippen LogP contribution in [-0.2, 0) is 4.79 Å². The van der Waals surface area contributed by atoms with Gasteiger partial charge in [0.1, 0.15) is 5.82 Å². The van der Waals surface area contributed by atoms with Crippen LogP contribution >= 0.6 is 0 Å². The lowest BCUT2D eigenvalue weighted by atomic mass is 10.1. The Labute approximate surface area is 169 Å². The fourth-order valence-corrected chi connectivity index (χ4v) is 3.68. The predicted octanol–water partition coefficient (Wildman–Crippen LogP) is 3.14. The van der Waals surface area contributed by atoms with Gasteiger partial charge in [-0.2, -0.15) is 5.10 Å². The van der Waals surface area contributed by atoms with Crippen LogP contribution in [0.5, 0.6) is 11.5 Å². The Morgan fingerprint density at radius 3 is 2.24 bits per heavy atom. The number of methoxy groups -OCH3 is 2. The SMILES string of the molecule is COc1cc2nc(N3CC(n4nc(C)cc4C)C3)cc(C)c2cc1OC.O=CO. The van der Waals surface area contributed by atoms with E-state index in [1.54, 1.807) is 14.2 Å². The number of hydrogen-bond acceptors (Lipinski definition) is 6. The van der Waals surface area contributed by atoms with E-state index >= 15 is 0 Å². The van der Waals surface area contributed by atoms with Gasteiger partial charge in [0, 0.05) is 30.2 Å². The molecule has 0 bridgehead atoms. The lowest BCUT2D eigenvalue weighted by Crippen LogP contribution is -2.48. The number of ether oxygens (including phenoxy) is 2. The van der Waals surface area contributed by atoms with Crippen molar-refractivity contribution in [2.75, 3.05) is 32.2 Å². The standard InChI is InChI=1S/C20H24N4O2.CH2O2/c1-12-6-20(21-17-9-19(26-5)18(25-4)8-16(12)17)23-10-15(11-23)24-14(3)7-13(2)22-24;2-1-3/h6-9,15H,10-11H2,1-5H3;1H,(H,2,3). The molecule has 1 aliphatic heterocycles. The fourth-order valence-electron chi connectivity index (χ4n) is 3.68. The molecule has 2 aromatic heterocycles. The summed E-state index contributed by atoms with van der Waals surface area (Å²) in [6, 6.07) is 8.62. The van der Waals surface area contributed by atoms with Crippen LogP contribution in [0.25, 0.3) is 10.9 Å².